The third kappa shape index (κ3) is 5.63. The number of rotatable bonds is 4. The zero-order valence-electron chi connectivity index (χ0n) is 13.7. The van der Waals surface area contributed by atoms with Gasteiger partial charge in [0.15, 0.2) is 11.8 Å². The van der Waals surface area contributed by atoms with Gasteiger partial charge >= 0.3 is 5.97 Å². The number of likely N-dealkylation sites (tertiary alicyclic amines) is 1. The fraction of sp³-hybridized carbons (Fsp3) is 0.714. The van der Waals surface area contributed by atoms with E-state index < -0.39 is 0 Å². The van der Waals surface area contributed by atoms with Crippen molar-refractivity contribution in [2.75, 3.05) is 26.7 Å². The third-order valence-corrected chi connectivity index (χ3v) is 3.60. The van der Waals surface area contributed by atoms with E-state index in [1.807, 2.05) is 6.92 Å². The van der Waals surface area contributed by atoms with Crippen molar-refractivity contribution < 1.29 is 14.1 Å². The van der Waals surface area contributed by atoms with Gasteiger partial charge in [-0.2, -0.15) is 4.98 Å². The lowest BCUT2D eigenvalue weighted by atomic mass is 9.97. The number of ether oxygens (including phenoxy) is 1. The molecule has 0 saturated carbocycles. The largest absolute Gasteiger partial charge is 0.469 e. The number of aromatic nitrogens is 2. The lowest BCUT2D eigenvalue weighted by molar-refractivity contribution is -0.146. The van der Waals surface area contributed by atoms with Crippen LogP contribution in [0.1, 0.15) is 31.5 Å². The molecule has 2 rings (SSSR count). The molecule has 0 aliphatic carbocycles. The molecule has 130 valence electrons. The zero-order valence-corrected chi connectivity index (χ0v) is 16.1. The number of aliphatic imine (C=N–C) groups is 1. The molecule has 1 fully saturated rings. The summed E-state index contributed by atoms with van der Waals surface area (Å²) in [6.45, 7) is 6.47. The van der Waals surface area contributed by atoms with Crippen LogP contribution < -0.4 is 5.32 Å². The molecule has 23 heavy (non-hydrogen) atoms. The number of hydrogen-bond acceptors (Lipinski definition) is 6. The summed E-state index contributed by atoms with van der Waals surface area (Å²) >= 11 is 0. The number of aryl methyl sites for hydroxylation is 1. The van der Waals surface area contributed by atoms with Crippen LogP contribution in [-0.4, -0.2) is 53.7 Å². The molecule has 0 spiro atoms. The van der Waals surface area contributed by atoms with Gasteiger partial charge in [-0.25, -0.2) is 4.99 Å². The molecular formula is C14H24IN5O3. The van der Waals surface area contributed by atoms with Gasteiger partial charge in [0.1, 0.15) is 6.54 Å². The van der Waals surface area contributed by atoms with E-state index in [4.69, 9.17) is 9.26 Å². The first-order chi connectivity index (χ1) is 10.6. The average molecular weight is 437 g/mol. The van der Waals surface area contributed by atoms with Crippen molar-refractivity contribution in [2.45, 2.75) is 33.2 Å². The highest BCUT2D eigenvalue weighted by Gasteiger charge is 2.27. The molecule has 1 aromatic heterocycles. The summed E-state index contributed by atoms with van der Waals surface area (Å²) < 4.78 is 9.88. The van der Waals surface area contributed by atoms with Gasteiger partial charge in [-0.1, -0.05) is 5.16 Å². The molecule has 1 aromatic rings. The molecule has 0 amide bonds. The number of piperidine rings is 1. The Bertz CT molecular complexity index is 526. The van der Waals surface area contributed by atoms with Crippen molar-refractivity contribution in [3.8, 4) is 0 Å². The molecule has 0 radical (unpaired) electrons. The fourth-order valence-corrected chi connectivity index (χ4v) is 2.47. The van der Waals surface area contributed by atoms with Gasteiger partial charge in [0, 0.05) is 19.6 Å². The monoisotopic (exact) mass is 437 g/mol. The standard InChI is InChI=1S/C14H23N5O3.HI/c1-4-15-14(16-9-12-17-10(2)18-22-12)19-7-5-11(6-8-19)13(20)21-3;/h11H,4-9H2,1-3H3,(H,15,16);1H. The predicted octanol–water partition coefficient (Wildman–Crippen LogP) is 1.35. The van der Waals surface area contributed by atoms with Crippen molar-refractivity contribution in [1.29, 1.82) is 0 Å². The van der Waals surface area contributed by atoms with E-state index in [-0.39, 0.29) is 35.9 Å². The topological polar surface area (TPSA) is 92.9 Å². The molecule has 0 unspecified atom stereocenters. The fourth-order valence-electron chi connectivity index (χ4n) is 2.47. The first-order valence-electron chi connectivity index (χ1n) is 7.54. The second-order valence-electron chi connectivity index (χ2n) is 5.19. The number of halogens is 1. The van der Waals surface area contributed by atoms with E-state index in [1.54, 1.807) is 6.92 Å². The highest BCUT2D eigenvalue weighted by molar-refractivity contribution is 14.0. The molecule has 2 heterocycles. The van der Waals surface area contributed by atoms with Crippen LogP contribution >= 0.6 is 24.0 Å². The van der Waals surface area contributed by atoms with E-state index in [1.165, 1.54) is 7.11 Å². The van der Waals surface area contributed by atoms with Gasteiger partial charge in [-0.3, -0.25) is 4.79 Å². The van der Waals surface area contributed by atoms with Crippen LogP contribution in [0, 0.1) is 12.8 Å². The Balaban J connectivity index is 0.00000264. The molecule has 1 saturated heterocycles. The maximum Gasteiger partial charge on any atom is 0.308 e. The minimum Gasteiger partial charge on any atom is -0.469 e. The van der Waals surface area contributed by atoms with Crippen molar-refractivity contribution in [3.63, 3.8) is 0 Å². The first-order valence-corrected chi connectivity index (χ1v) is 7.54. The molecule has 0 bridgehead atoms. The highest BCUT2D eigenvalue weighted by atomic mass is 127. The molecule has 1 aliphatic heterocycles. The molecule has 1 aliphatic rings. The van der Waals surface area contributed by atoms with Gasteiger partial charge in [0.25, 0.3) is 0 Å². The van der Waals surface area contributed by atoms with Crippen molar-refractivity contribution in [1.82, 2.24) is 20.4 Å². The second kappa shape index (κ2) is 9.68. The number of esters is 1. The number of methoxy groups -OCH3 is 1. The summed E-state index contributed by atoms with van der Waals surface area (Å²) in [6.07, 6.45) is 1.55. The summed E-state index contributed by atoms with van der Waals surface area (Å²) in [5, 5.41) is 7.01. The first kappa shape index (κ1) is 19.7. The summed E-state index contributed by atoms with van der Waals surface area (Å²) in [7, 11) is 1.44. The lowest BCUT2D eigenvalue weighted by Crippen LogP contribution is -2.46. The Morgan fingerprint density at radius 3 is 2.70 bits per heavy atom. The van der Waals surface area contributed by atoms with Crippen molar-refractivity contribution in [2.24, 2.45) is 10.9 Å². The minimum absolute atomic E-state index is 0. The van der Waals surface area contributed by atoms with Crippen LogP contribution in [-0.2, 0) is 16.1 Å². The van der Waals surface area contributed by atoms with Crippen LogP contribution in [0.25, 0.3) is 0 Å². The Hall–Kier alpha value is -1.39. The molecule has 0 aromatic carbocycles. The molecule has 0 atom stereocenters. The molecule has 9 heteroatoms. The summed E-state index contributed by atoms with van der Waals surface area (Å²) in [5.41, 5.74) is 0. The van der Waals surface area contributed by atoms with Crippen LogP contribution in [0.3, 0.4) is 0 Å². The average Bonchev–Trinajstić information content (AvgIpc) is 2.96. The van der Waals surface area contributed by atoms with Crippen LogP contribution in [0.5, 0.6) is 0 Å². The Labute approximate surface area is 153 Å². The number of carbonyl (C=O) groups excluding carboxylic acids is 1. The van der Waals surface area contributed by atoms with E-state index in [0.29, 0.717) is 18.3 Å². The van der Waals surface area contributed by atoms with E-state index in [0.717, 1.165) is 38.4 Å². The SMILES string of the molecule is CCNC(=NCc1nc(C)no1)N1CCC(C(=O)OC)CC1.I. The lowest BCUT2D eigenvalue weighted by Gasteiger charge is -2.33. The Morgan fingerprint density at radius 2 is 2.17 bits per heavy atom. The zero-order chi connectivity index (χ0) is 15.9. The summed E-state index contributed by atoms with van der Waals surface area (Å²) in [4.78, 5) is 22.4. The molecule has 8 nitrogen and oxygen atoms in total. The quantitative estimate of drug-likeness (QED) is 0.329. The van der Waals surface area contributed by atoms with Gasteiger partial charge in [-0.15, -0.1) is 24.0 Å². The van der Waals surface area contributed by atoms with E-state index >= 15 is 0 Å². The maximum atomic E-state index is 11.6. The minimum atomic E-state index is -0.122. The third-order valence-electron chi connectivity index (χ3n) is 3.60. The van der Waals surface area contributed by atoms with Gasteiger partial charge in [-0.05, 0) is 26.7 Å². The number of guanidine groups is 1. The summed E-state index contributed by atoms with van der Waals surface area (Å²) in [6, 6.07) is 0. The summed E-state index contributed by atoms with van der Waals surface area (Å²) in [5.74, 6) is 1.78. The molecule has 1 N–H and O–H groups in total. The highest BCUT2D eigenvalue weighted by Crippen LogP contribution is 2.18. The number of hydrogen-bond donors (Lipinski definition) is 1. The molecular weight excluding hydrogens is 413 g/mol. The maximum absolute atomic E-state index is 11.6. The van der Waals surface area contributed by atoms with Gasteiger partial charge in [0.05, 0.1) is 13.0 Å². The predicted molar refractivity (Wildman–Crippen MR) is 95.6 cm³/mol. The van der Waals surface area contributed by atoms with Crippen LogP contribution in [0.15, 0.2) is 9.52 Å². The Morgan fingerprint density at radius 1 is 1.48 bits per heavy atom. The van der Waals surface area contributed by atoms with Gasteiger partial charge in [0.2, 0.25) is 5.89 Å². The van der Waals surface area contributed by atoms with Crippen molar-refractivity contribution >= 4 is 35.9 Å². The van der Waals surface area contributed by atoms with E-state index in [9.17, 15) is 4.79 Å². The number of nitrogens with zero attached hydrogens (tertiary/aromatic N) is 4. The van der Waals surface area contributed by atoms with Crippen LogP contribution in [0.2, 0.25) is 0 Å². The normalized spacial score (nSPS) is 16.0. The van der Waals surface area contributed by atoms with Gasteiger partial charge < -0.3 is 19.5 Å². The Kier molecular flexibility index (Phi) is 8.28. The number of nitrogens with one attached hydrogen (secondary N) is 1. The smallest absolute Gasteiger partial charge is 0.308 e. The number of carbonyl (C=O) groups is 1. The van der Waals surface area contributed by atoms with Crippen LogP contribution in [0.4, 0.5) is 0 Å². The van der Waals surface area contributed by atoms with Crippen molar-refractivity contribution in [3.05, 3.63) is 11.7 Å². The van der Waals surface area contributed by atoms with E-state index in [2.05, 4.69) is 25.3 Å². The second-order valence-corrected chi connectivity index (χ2v) is 5.19.